The van der Waals surface area contributed by atoms with Gasteiger partial charge in [-0.05, 0) is 30.9 Å². The van der Waals surface area contributed by atoms with Gasteiger partial charge < -0.3 is 9.30 Å². The van der Waals surface area contributed by atoms with Gasteiger partial charge in [-0.15, -0.1) is 0 Å². The zero-order valence-corrected chi connectivity index (χ0v) is 10.1. The van der Waals surface area contributed by atoms with Crippen molar-refractivity contribution in [2.24, 2.45) is 0 Å². The maximum absolute atomic E-state index is 5.43. The number of benzene rings is 1. The van der Waals surface area contributed by atoms with Crippen molar-refractivity contribution < 1.29 is 4.74 Å². The second kappa shape index (κ2) is 5.17. The highest BCUT2D eigenvalue weighted by Crippen LogP contribution is 2.19. The maximum Gasteiger partial charge on any atom is 0.0645 e. The van der Waals surface area contributed by atoms with E-state index in [2.05, 4.69) is 41.8 Å². The smallest absolute Gasteiger partial charge is 0.0645 e. The van der Waals surface area contributed by atoms with Crippen molar-refractivity contribution >= 4 is 10.9 Å². The number of aromatic nitrogens is 1. The Morgan fingerprint density at radius 3 is 2.75 bits per heavy atom. The van der Waals surface area contributed by atoms with Gasteiger partial charge in [0.1, 0.15) is 0 Å². The molecule has 0 aliphatic rings. The van der Waals surface area contributed by atoms with Crippen molar-refractivity contribution in [3.63, 3.8) is 0 Å². The van der Waals surface area contributed by atoms with Gasteiger partial charge in [0.15, 0.2) is 0 Å². The first-order chi connectivity index (χ1) is 7.86. The fourth-order valence-corrected chi connectivity index (χ4v) is 2.12. The molecule has 0 radical (unpaired) electrons. The molecule has 2 rings (SSSR count). The van der Waals surface area contributed by atoms with Crippen LogP contribution in [-0.2, 0) is 17.7 Å². The lowest BCUT2D eigenvalue weighted by Gasteiger charge is -2.09. The summed E-state index contributed by atoms with van der Waals surface area (Å²) in [6.07, 6.45) is 1.07. The Labute approximate surface area is 96.8 Å². The Balaban J connectivity index is 2.32. The van der Waals surface area contributed by atoms with Crippen LogP contribution in [-0.4, -0.2) is 17.8 Å². The Morgan fingerprint density at radius 2 is 2.00 bits per heavy atom. The molecular formula is C14H19NO. The zero-order valence-electron chi connectivity index (χ0n) is 10.1. The van der Waals surface area contributed by atoms with E-state index < -0.39 is 0 Å². The standard InChI is InChI=1S/C14H19NO/c1-3-13-11-12-7-5-6-8-14(12)15(13)9-10-16-4-2/h5-8,11H,3-4,9-10H2,1-2H3. The monoisotopic (exact) mass is 217 g/mol. The molecule has 0 aliphatic heterocycles. The third kappa shape index (κ3) is 2.12. The van der Waals surface area contributed by atoms with Gasteiger partial charge in [-0.25, -0.2) is 0 Å². The van der Waals surface area contributed by atoms with E-state index in [0.29, 0.717) is 0 Å². The van der Waals surface area contributed by atoms with Crippen molar-refractivity contribution in [2.45, 2.75) is 26.8 Å². The molecule has 1 aromatic heterocycles. The van der Waals surface area contributed by atoms with Crippen LogP contribution in [0.4, 0.5) is 0 Å². The quantitative estimate of drug-likeness (QED) is 0.701. The average Bonchev–Trinajstić information content (AvgIpc) is 2.68. The number of ether oxygens (including phenoxy) is 1. The molecule has 0 fully saturated rings. The van der Waals surface area contributed by atoms with Crippen molar-refractivity contribution in [2.75, 3.05) is 13.2 Å². The molecule has 0 bridgehead atoms. The molecule has 0 spiro atoms. The van der Waals surface area contributed by atoms with E-state index in [9.17, 15) is 0 Å². The highest BCUT2D eigenvalue weighted by molar-refractivity contribution is 5.81. The van der Waals surface area contributed by atoms with Crippen LogP contribution in [0.3, 0.4) is 0 Å². The SMILES string of the molecule is CCOCCn1c(CC)cc2ccccc21. The van der Waals surface area contributed by atoms with Crippen LogP contribution in [0.1, 0.15) is 19.5 Å². The molecule has 0 saturated heterocycles. The van der Waals surface area contributed by atoms with E-state index in [1.54, 1.807) is 0 Å². The summed E-state index contributed by atoms with van der Waals surface area (Å²) in [5.74, 6) is 0. The van der Waals surface area contributed by atoms with Crippen molar-refractivity contribution in [3.8, 4) is 0 Å². The summed E-state index contributed by atoms with van der Waals surface area (Å²) >= 11 is 0. The van der Waals surface area contributed by atoms with Crippen molar-refractivity contribution in [1.82, 2.24) is 4.57 Å². The Hall–Kier alpha value is -1.28. The van der Waals surface area contributed by atoms with Crippen LogP contribution >= 0.6 is 0 Å². The first-order valence-electron chi connectivity index (χ1n) is 6.01. The minimum absolute atomic E-state index is 0.792. The zero-order chi connectivity index (χ0) is 11.4. The maximum atomic E-state index is 5.43. The normalized spacial score (nSPS) is 11.1. The summed E-state index contributed by atoms with van der Waals surface area (Å²) in [5, 5.41) is 1.33. The van der Waals surface area contributed by atoms with Crippen molar-refractivity contribution in [3.05, 3.63) is 36.0 Å². The van der Waals surface area contributed by atoms with E-state index in [0.717, 1.165) is 26.2 Å². The molecule has 2 heteroatoms. The van der Waals surface area contributed by atoms with E-state index in [1.165, 1.54) is 16.6 Å². The summed E-state index contributed by atoms with van der Waals surface area (Å²) in [6, 6.07) is 10.8. The van der Waals surface area contributed by atoms with Gasteiger partial charge in [0.05, 0.1) is 6.61 Å². The highest BCUT2D eigenvalue weighted by Gasteiger charge is 2.05. The lowest BCUT2D eigenvalue weighted by Crippen LogP contribution is -2.08. The van der Waals surface area contributed by atoms with Gasteiger partial charge in [0, 0.05) is 24.4 Å². The minimum atomic E-state index is 0.792. The summed E-state index contributed by atoms with van der Waals surface area (Å²) in [7, 11) is 0. The summed E-state index contributed by atoms with van der Waals surface area (Å²) in [4.78, 5) is 0. The summed E-state index contributed by atoms with van der Waals surface area (Å²) < 4.78 is 7.80. The molecule has 0 aliphatic carbocycles. The number of hydrogen-bond acceptors (Lipinski definition) is 1. The molecule has 1 aromatic carbocycles. The van der Waals surface area contributed by atoms with Gasteiger partial charge in [-0.1, -0.05) is 25.1 Å². The van der Waals surface area contributed by atoms with Crippen LogP contribution in [0.25, 0.3) is 10.9 Å². The lowest BCUT2D eigenvalue weighted by molar-refractivity contribution is 0.139. The largest absolute Gasteiger partial charge is 0.380 e. The number of nitrogens with zero attached hydrogens (tertiary/aromatic N) is 1. The van der Waals surface area contributed by atoms with E-state index in [-0.39, 0.29) is 0 Å². The lowest BCUT2D eigenvalue weighted by atomic mass is 10.2. The number of fused-ring (bicyclic) bond motifs is 1. The Bertz CT molecular complexity index is 459. The molecule has 16 heavy (non-hydrogen) atoms. The van der Waals surface area contributed by atoms with Crippen LogP contribution in [0.5, 0.6) is 0 Å². The van der Waals surface area contributed by atoms with Crippen LogP contribution in [0.15, 0.2) is 30.3 Å². The summed E-state index contributed by atoms with van der Waals surface area (Å²) in [6.45, 7) is 6.77. The molecule has 1 heterocycles. The van der Waals surface area contributed by atoms with Crippen LogP contribution in [0.2, 0.25) is 0 Å². The van der Waals surface area contributed by atoms with Gasteiger partial charge >= 0.3 is 0 Å². The average molecular weight is 217 g/mol. The number of hydrogen-bond donors (Lipinski definition) is 0. The predicted octanol–water partition coefficient (Wildman–Crippen LogP) is 3.24. The van der Waals surface area contributed by atoms with E-state index >= 15 is 0 Å². The van der Waals surface area contributed by atoms with Gasteiger partial charge in [0.2, 0.25) is 0 Å². The third-order valence-corrected chi connectivity index (χ3v) is 2.92. The fraction of sp³-hybridized carbons (Fsp3) is 0.429. The molecule has 86 valence electrons. The molecule has 2 aromatic rings. The highest BCUT2D eigenvalue weighted by atomic mass is 16.5. The molecule has 0 atom stereocenters. The third-order valence-electron chi connectivity index (χ3n) is 2.92. The first-order valence-corrected chi connectivity index (χ1v) is 6.01. The molecule has 0 saturated carbocycles. The predicted molar refractivity (Wildman–Crippen MR) is 67.8 cm³/mol. The summed E-state index contributed by atoms with van der Waals surface area (Å²) in [5.41, 5.74) is 2.71. The second-order valence-corrected chi connectivity index (χ2v) is 3.90. The number of rotatable bonds is 5. The molecule has 0 unspecified atom stereocenters. The second-order valence-electron chi connectivity index (χ2n) is 3.90. The van der Waals surface area contributed by atoms with Gasteiger partial charge in [-0.2, -0.15) is 0 Å². The molecule has 0 N–H and O–H groups in total. The van der Waals surface area contributed by atoms with E-state index in [1.807, 2.05) is 6.92 Å². The Morgan fingerprint density at radius 1 is 1.19 bits per heavy atom. The van der Waals surface area contributed by atoms with Crippen LogP contribution in [0, 0.1) is 0 Å². The van der Waals surface area contributed by atoms with Crippen molar-refractivity contribution in [1.29, 1.82) is 0 Å². The Kier molecular flexibility index (Phi) is 3.62. The van der Waals surface area contributed by atoms with Crippen LogP contribution < -0.4 is 0 Å². The number of aryl methyl sites for hydroxylation is 1. The molecule has 0 amide bonds. The molecule has 2 nitrogen and oxygen atoms in total. The van der Waals surface area contributed by atoms with Gasteiger partial charge in [0.25, 0.3) is 0 Å². The number of para-hydroxylation sites is 1. The molecular weight excluding hydrogens is 198 g/mol. The van der Waals surface area contributed by atoms with E-state index in [4.69, 9.17) is 4.74 Å². The van der Waals surface area contributed by atoms with Gasteiger partial charge in [-0.3, -0.25) is 0 Å². The first kappa shape index (κ1) is 11.2. The topological polar surface area (TPSA) is 14.2 Å². The minimum Gasteiger partial charge on any atom is -0.380 e. The fourth-order valence-electron chi connectivity index (χ4n) is 2.12.